The van der Waals surface area contributed by atoms with Crippen LogP contribution in [-0.4, -0.2) is 22.7 Å². The SMILES string of the molecule is CCOC(=O)C(C)(C)c1nc(-c2ccccc2)no1. The van der Waals surface area contributed by atoms with Crippen molar-refractivity contribution in [3.05, 3.63) is 36.2 Å². The van der Waals surface area contributed by atoms with Crippen molar-refractivity contribution >= 4 is 5.97 Å². The van der Waals surface area contributed by atoms with Crippen LogP contribution in [-0.2, 0) is 14.9 Å². The van der Waals surface area contributed by atoms with Crippen LogP contribution in [0.2, 0.25) is 0 Å². The molecule has 2 rings (SSSR count). The molecule has 0 amide bonds. The number of carbonyl (C=O) groups is 1. The minimum Gasteiger partial charge on any atom is -0.465 e. The number of rotatable bonds is 4. The number of carbonyl (C=O) groups excluding carboxylic acids is 1. The Morgan fingerprint density at radius 3 is 2.63 bits per heavy atom. The van der Waals surface area contributed by atoms with Gasteiger partial charge in [-0.1, -0.05) is 35.5 Å². The van der Waals surface area contributed by atoms with Gasteiger partial charge in [0.1, 0.15) is 5.41 Å². The topological polar surface area (TPSA) is 65.2 Å². The van der Waals surface area contributed by atoms with E-state index < -0.39 is 5.41 Å². The lowest BCUT2D eigenvalue weighted by atomic mass is 9.94. The van der Waals surface area contributed by atoms with Crippen LogP contribution in [0.25, 0.3) is 11.4 Å². The van der Waals surface area contributed by atoms with Crippen molar-refractivity contribution in [2.24, 2.45) is 0 Å². The Bertz CT molecular complexity index is 561. The van der Waals surface area contributed by atoms with Crippen molar-refractivity contribution in [3.63, 3.8) is 0 Å². The van der Waals surface area contributed by atoms with Gasteiger partial charge >= 0.3 is 5.97 Å². The molecule has 1 aromatic carbocycles. The summed E-state index contributed by atoms with van der Waals surface area (Å²) in [5.74, 6) is 0.344. The molecule has 5 nitrogen and oxygen atoms in total. The Hall–Kier alpha value is -2.17. The molecule has 2 aromatic rings. The quantitative estimate of drug-likeness (QED) is 0.790. The van der Waals surface area contributed by atoms with Crippen LogP contribution < -0.4 is 0 Å². The third-order valence-electron chi connectivity index (χ3n) is 2.78. The standard InChI is InChI=1S/C14H16N2O3/c1-4-18-13(17)14(2,3)12-15-11(16-19-12)10-8-6-5-7-9-10/h5-9H,4H2,1-3H3. The summed E-state index contributed by atoms with van der Waals surface area (Å²) >= 11 is 0. The maximum atomic E-state index is 11.9. The van der Waals surface area contributed by atoms with E-state index in [1.165, 1.54) is 0 Å². The lowest BCUT2D eigenvalue weighted by Gasteiger charge is -2.16. The van der Waals surface area contributed by atoms with Crippen molar-refractivity contribution < 1.29 is 14.1 Å². The average Bonchev–Trinajstić information content (AvgIpc) is 2.90. The fourth-order valence-corrected chi connectivity index (χ4v) is 1.58. The number of hydrogen-bond acceptors (Lipinski definition) is 5. The minimum atomic E-state index is -0.948. The number of nitrogens with zero attached hydrogens (tertiary/aromatic N) is 2. The smallest absolute Gasteiger partial charge is 0.321 e. The Kier molecular flexibility index (Phi) is 3.64. The first-order valence-corrected chi connectivity index (χ1v) is 6.12. The molecule has 0 aliphatic carbocycles. The monoisotopic (exact) mass is 260 g/mol. The van der Waals surface area contributed by atoms with Gasteiger partial charge in [0.05, 0.1) is 6.61 Å². The van der Waals surface area contributed by atoms with Gasteiger partial charge in [0.15, 0.2) is 0 Å². The van der Waals surface area contributed by atoms with Crippen LogP contribution >= 0.6 is 0 Å². The summed E-state index contributed by atoms with van der Waals surface area (Å²) in [4.78, 5) is 16.1. The number of ether oxygens (including phenoxy) is 1. The van der Waals surface area contributed by atoms with E-state index in [2.05, 4.69) is 10.1 Å². The maximum absolute atomic E-state index is 11.9. The molecule has 5 heteroatoms. The minimum absolute atomic E-state index is 0.254. The lowest BCUT2D eigenvalue weighted by Crippen LogP contribution is -2.31. The van der Waals surface area contributed by atoms with E-state index in [1.54, 1.807) is 20.8 Å². The highest BCUT2D eigenvalue weighted by Gasteiger charge is 2.37. The van der Waals surface area contributed by atoms with Crippen molar-refractivity contribution in [2.75, 3.05) is 6.61 Å². The first-order valence-electron chi connectivity index (χ1n) is 6.12. The summed E-state index contributed by atoms with van der Waals surface area (Å²) in [6.07, 6.45) is 0. The molecular formula is C14H16N2O3. The van der Waals surface area contributed by atoms with E-state index in [4.69, 9.17) is 9.26 Å². The summed E-state index contributed by atoms with van der Waals surface area (Å²) < 4.78 is 10.2. The lowest BCUT2D eigenvalue weighted by molar-refractivity contribution is -0.149. The van der Waals surface area contributed by atoms with Crippen molar-refractivity contribution in [1.29, 1.82) is 0 Å². The van der Waals surface area contributed by atoms with Gasteiger partial charge < -0.3 is 9.26 Å². The first kappa shape index (κ1) is 13.3. The fraction of sp³-hybridized carbons (Fsp3) is 0.357. The van der Waals surface area contributed by atoms with Gasteiger partial charge in [-0.05, 0) is 20.8 Å². The third kappa shape index (κ3) is 2.65. The van der Waals surface area contributed by atoms with E-state index in [9.17, 15) is 4.79 Å². The van der Waals surface area contributed by atoms with Gasteiger partial charge in [-0.25, -0.2) is 0 Å². The van der Waals surface area contributed by atoms with Gasteiger partial charge in [0, 0.05) is 5.56 Å². The van der Waals surface area contributed by atoms with E-state index in [1.807, 2.05) is 30.3 Å². The maximum Gasteiger partial charge on any atom is 0.321 e. The van der Waals surface area contributed by atoms with E-state index in [0.29, 0.717) is 12.4 Å². The zero-order valence-corrected chi connectivity index (χ0v) is 11.2. The first-order chi connectivity index (χ1) is 9.05. The summed E-state index contributed by atoms with van der Waals surface area (Å²) in [6.45, 7) is 5.49. The molecule has 0 saturated heterocycles. The van der Waals surface area contributed by atoms with Gasteiger partial charge in [-0.15, -0.1) is 0 Å². The second kappa shape index (κ2) is 5.22. The second-order valence-electron chi connectivity index (χ2n) is 4.63. The molecule has 19 heavy (non-hydrogen) atoms. The molecule has 100 valence electrons. The highest BCUT2D eigenvalue weighted by molar-refractivity contribution is 5.80. The van der Waals surface area contributed by atoms with E-state index in [0.717, 1.165) is 5.56 Å². The van der Waals surface area contributed by atoms with Gasteiger partial charge in [-0.3, -0.25) is 4.79 Å². The largest absolute Gasteiger partial charge is 0.465 e. The molecule has 1 heterocycles. The number of esters is 1. The van der Waals surface area contributed by atoms with Crippen molar-refractivity contribution in [3.8, 4) is 11.4 Å². The van der Waals surface area contributed by atoms with Gasteiger partial charge in [0.25, 0.3) is 0 Å². The van der Waals surface area contributed by atoms with Gasteiger partial charge in [-0.2, -0.15) is 4.98 Å². The van der Waals surface area contributed by atoms with Crippen LogP contribution in [0.5, 0.6) is 0 Å². The summed E-state index contributed by atoms with van der Waals surface area (Å²) in [7, 11) is 0. The molecule has 0 radical (unpaired) electrons. The number of aromatic nitrogens is 2. The Labute approximate surface area is 111 Å². The highest BCUT2D eigenvalue weighted by atomic mass is 16.5. The Balaban J connectivity index is 2.28. The predicted molar refractivity (Wildman–Crippen MR) is 69.4 cm³/mol. The van der Waals surface area contributed by atoms with Crippen LogP contribution in [0.15, 0.2) is 34.9 Å². The zero-order chi connectivity index (χ0) is 13.9. The molecule has 1 aromatic heterocycles. The molecule has 0 N–H and O–H groups in total. The van der Waals surface area contributed by atoms with Crippen LogP contribution in [0.4, 0.5) is 0 Å². The van der Waals surface area contributed by atoms with E-state index in [-0.39, 0.29) is 11.9 Å². The van der Waals surface area contributed by atoms with Crippen LogP contribution in [0.3, 0.4) is 0 Å². The molecule has 0 aliphatic rings. The molecule has 0 aliphatic heterocycles. The molecule has 0 unspecified atom stereocenters. The fourth-order valence-electron chi connectivity index (χ4n) is 1.58. The Morgan fingerprint density at radius 2 is 2.00 bits per heavy atom. The van der Waals surface area contributed by atoms with Gasteiger partial charge in [0.2, 0.25) is 11.7 Å². The molecule has 0 bridgehead atoms. The third-order valence-corrected chi connectivity index (χ3v) is 2.78. The zero-order valence-electron chi connectivity index (χ0n) is 11.2. The average molecular weight is 260 g/mol. The molecule has 0 saturated carbocycles. The summed E-state index contributed by atoms with van der Waals surface area (Å²) in [5, 5.41) is 3.90. The summed E-state index contributed by atoms with van der Waals surface area (Å²) in [6, 6.07) is 9.45. The van der Waals surface area contributed by atoms with Crippen molar-refractivity contribution in [2.45, 2.75) is 26.2 Å². The van der Waals surface area contributed by atoms with Crippen LogP contribution in [0.1, 0.15) is 26.7 Å². The molecule has 0 atom stereocenters. The molecule has 0 fully saturated rings. The van der Waals surface area contributed by atoms with E-state index >= 15 is 0 Å². The highest BCUT2D eigenvalue weighted by Crippen LogP contribution is 2.25. The number of benzene rings is 1. The second-order valence-corrected chi connectivity index (χ2v) is 4.63. The Morgan fingerprint density at radius 1 is 1.32 bits per heavy atom. The van der Waals surface area contributed by atoms with Crippen LogP contribution in [0, 0.1) is 0 Å². The summed E-state index contributed by atoms with van der Waals surface area (Å²) in [5.41, 5.74) is -0.104. The predicted octanol–water partition coefficient (Wildman–Crippen LogP) is 2.58. The molecule has 0 spiro atoms. The normalized spacial score (nSPS) is 11.3. The number of hydrogen-bond donors (Lipinski definition) is 0. The molecular weight excluding hydrogens is 244 g/mol. The van der Waals surface area contributed by atoms with Crippen molar-refractivity contribution in [1.82, 2.24) is 10.1 Å².